The molecule has 0 aliphatic rings. The second kappa shape index (κ2) is 57.7. The molecule has 49 valence electrons. The van der Waals surface area contributed by atoms with Gasteiger partial charge in [0.05, 0.1) is 0 Å². The molecule has 0 aromatic heterocycles. The number of rotatable bonds is 0. The van der Waals surface area contributed by atoms with Crippen molar-refractivity contribution in [2.24, 2.45) is 0 Å². The molecular formula is H6Cl6K. The maximum absolute atomic E-state index is 0. The Labute approximate surface area is 123 Å². The molecule has 0 N–H and O–H groups in total. The van der Waals surface area contributed by atoms with Crippen LogP contribution in [0, 0.1) is 0 Å². The molecule has 0 atom stereocenters. The largest absolute Gasteiger partial charge is 0.147 e. The summed E-state index contributed by atoms with van der Waals surface area (Å²) in [6, 6.07) is 0. The van der Waals surface area contributed by atoms with Crippen molar-refractivity contribution >= 4 is 126 Å². The summed E-state index contributed by atoms with van der Waals surface area (Å²) in [6.07, 6.45) is 0. The summed E-state index contributed by atoms with van der Waals surface area (Å²) in [6.45, 7) is 0. The molecule has 0 heterocycles. The molecule has 7 heteroatoms. The van der Waals surface area contributed by atoms with Crippen LogP contribution in [0.2, 0.25) is 0 Å². The number of hydrogen-bond donors (Lipinski definition) is 0. The molecular weight excluding hydrogens is 252 g/mol. The Morgan fingerprint density at radius 1 is 0.286 bits per heavy atom. The van der Waals surface area contributed by atoms with Crippen LogP contribution < -0.4 is 0 Å². The fourth-order valence-corrected chi connectivity index (χ4v) is 0. The number of hydrogen-bond acceptors (Lipinski definition) is 0. The van der Waals surface area contributed by atoms with Crippen molar-refractivity contribution in [3.63, 3.8) is 0 Å². The molecule has 1 radical (unpaired) electrons. The summed E-state index contributed by atoms with van der Waals surface area (Å²) < 4.78 is 0. The molecule has 0 aromatic rings. The second-order valence-corrected chi connectivity index (χ2v) is 0. The van der Waals surface area contributed by atoms with E-state index in [1.165, 1.54) is 0 Å². The molecule has 0 nitrogen and oxygen atoms in total. The molecule has 0 fully saturated rings. The van der Waals surface area contributed by atoms with E-state index in [4.69, 9.17) is 0 Å². The van der Waals surface area contributed by atoms with Gasteiger partial charge in [-0.05, 0) is 0 Å². The third kappa shape index (κ3) is 44.8. The third-order valence-electron chi connectivity index (χ3n) is 0. The molecule has 0 saturated carbocycles. The van der Waals surface area contributed by atoms with Crippen LogP contribution in [0.1, 0.15) is 0 Å². The van der Waals surface area contributed by atoms with Gasteiger partial charge in [0.1, 0.15) is 0 Å². The smallest absolute Gasteiger partial charge is 0 e. The zero-order valence-corrected chi connectivity index (χ0v) is 11.5. The molecule has 0 aliphatic heterocycles. The van der Waals surface area contributed by atoms with Crippen molar-refractivity contribution in [2.45, 2.75) is 0 Å². The molecule has 0 unspecified atom stereocenters. The summed E-state index contributed by atoms with van der Waals surface area (Å²) >= 11 is 0. The molecule has 0 rings (SSSR count). The monoisotopic (exact) mass is 255 g/mol. The van der Waals surface area contributed by atoms with Gasteiger partial charge in [0.2, 0.25) is 0 Å². The van der Waals surface area contributed by atoms with Crippen LogP contribution in [0.3, 0.4) is 0 Å². The van der Waals surface area contributed by atoms with Crippen LogP contribution >= 0.6 is 74.4 Å². The SMILES string of the molecule is Cl.Cl.Cl.Cl.Cl.Cl.[K]. The first-order valence-corrected chi connectivity index (χ1v) is 0. The summed E-state index contributed by atoms with van der Waals surface area (Å²) in [5, 5.41) is 0. The van der Waals surface area contributed by atoms with Gasteiger partial charge < -0.3 is 0 Å². The summed E-state index contributed by atoms with van der Waals surface area (Å²) in [5.41, 5.74) is 0. The molecule has 0 bridgehead atoms. The first kappa shape index (κ1) is 80.0. The van der Waals surface area contributed by atoms with Crippen LogP contribution in [-0.4, -0.2) is 51.4 Å². The molecule has 0 saturated heterocycles. The Bertz CT molecular complexity index is 4.14. The quantitative estimate of drug-likeness (QED) is 0.584. The summed E-state index contributed by atoms with van der Waals surface area (Å²) in [4.78, 5) is 0. The predicted octanol–water partition coefficient (Wildman–Crippen LogP) is 2.15. The van der Waals surface area contributed by atoms with E-state index >= 15 is 0 Å². The Morgan fingerprint density at radius 2 is 0.286 bits per heavy atom. The van der Waals surface area contributed by atoms with Crippen molar-refractivity contribution in [3.8, 4) is 0 Å². The number of halogens is 6. The van der Waals surface area contributed by atoms with Crippen LogP contribution in [-0.2, 0) is 0 Å². The molecule has 0 amide bonds. The van der Waals surface area contributed by atoms with Gasteiger partial charge >= 0.3 is 0 Å². The maximum Gasteiger partial charge on any atom is 0 e. The van der Waals surface area contributed by atoms with E-state index < -0.39 is 0 Å². The Morgan fingerprint density at radius 3 is 0.286 bits per heavy atom. The van der Waals surface area contributed by atoms with E-state index in [9.17, 15) is 0 Å². The van der Waals surface area contributed by atoms with Gasteiger partial charge in [-0.3, -0.25) is 0 Å². The Balaban J connectivity index is 0. The van der Waals surface area contributed by atoms with Gasteiger partial charge in [-0.15, -0.1) is 74.4 Å². The zero-order chi connectivity index (χ0) is 0. The van der Waals surface area contributed by atoms with Crippen LogP contribution in [0.15, 0.2) is 0 Å². The van der Waals surface area contributed by atoms with Crippen LogP contribution in [0.5, 0.6) is 0 Å². The molecule has 7 heavy (non-hydrogen) atoms. The predicted molar refractivity (Wildman–Crippen MR) is 49.2 cm³/mol. The first-order chi connectivity index (χ1) is 0. The summed E-state index contributed by atoms with van der Waals surface area (Å²) in [5.74, 6) is 0. The topological polar surface area (TPSA) is 0 Å². The van der Waals surface area contributed by atoms with E-state index in [1.54, 1.807) is 0 Å². The van der Waals surface area contributed by atoms with Crippen LogP contribution in [0.4, 0.5) is 0 Å². The maximum atomic E-state index is 0. The van der Waals surface area contributed by atoms with Crippen molar-refractivity contribution in [3.05, 3.63) is 0 Å². The standard InChI is InChI=1S/6ClH.K/h6*1H;. The van der Waals surface area contributed by atoms with Gasteiger partial charge in [0, 0.05) is 51.4 Å². The molecule has 0 aromatic carbocycles. The van der Waals surface area contributed by atoms with Crippen molar-refractivity contribution in [1.82, 2.24) is 0 Å². The van der Waals surface area contributed by atoms with Gasteiger partial charge in [-0.25, -0.2) is 0 Å². The Kier molecular flexibility index (Phi) is 660. The van der Waals surface area contributed by atoms with E-state index in [-0.39, 0.29) is 126 Å². The zero-order valence-electron chi connectivity index (χ0n) is 3.45. The first-order valence-electron chi connectivity index (χ1n) is 0. The van der Waals surface area contributed by atoms with Crippen LogP contribution in [0.25, 0.3) is 0 Å². The van der Waals surface area contributed by atoms with Crippen molar-refractivity contribution < 1.29 is 0 Å². The van der Waals surface area contributed by atoms with E-state index in [0.29, 0.717) is 0 Å². The Hall–Kier alpha value is 3.38. The molecule has 0 spiro atoms. The fraction of sp³-hybridized carbons (Fsp3) is 0. The minimum Gasteiger partial charge on any atom is -0.147 e. The summed E-state index contributed by atoms with van der Waals surface area (Å²) in [7, 11) is 0. The van der Waals surface area contributed by atoms with Crippen molar-refractivity contribution in [1.29, 1.82) is 0 Å². The van der Waals surface area contributed by atoms with E-state index in [2.05, 4.69) is 0 Å². The van der Waals surface area contributed by atoms with Gasteiger partial charge in [0.25, 0.3) is 0 Å². The van der Waals surface area contributed by atoms with Gasteiger partial charge in [-0.1, -0.05) is 0 Å². The van der Waals surface area contributed by atoms with Crippen molar-refractivity contribution in [2.75, 3.05) is 0 Å². The average molecular weight is 258 g/mol. The van der Waals surface area contributed by atoms with Gasteiger partial charge in [-0.2, -0.15) is 0 Å². The van der Waals surface area contributed by atoms with E-state index in [1.807, 2.05) is 0 Å². The van der Waals surface area contributed by atoms with E-state index in [0.717, 1.165) is 0 Å². The third-order valence-corrected chi connectivity index (χ3v) is 0. The molecule has 0 aliphatic carbocycles. The fourth-order valence-electron chi connectivity index (χ4n) is 0. The average Bonchev–Trinajstić information content (AvgIpc) is 0. The normalized spacial score (nSPS) is 0. The minimum absolute atomic E-state index is 0. The van der Waals surface area contributed by atoms with Gasteiger partial charge in [0.15, 0.2) is 0 Å². The minimum atomic E-state index is 0. The second-order valence-electron chi connectivity index (χ2n) is 0.